The minimum Gasteiger partial charge on any atom is -0.479 e. The second kappa shape index (κ2) is 6.60. The van der Waals surface area contributed by atoms with Crippen molar-refractivity contribution >= 4 is 12.0 Å². The van der Waals surface area contributed by atoms with Crippen LogP contribution in [0.15, 0.2) is 53.1 Å². The smallest absolute Gasteiger partial charge is 0.330 e. The molecular weight excluding hydrogens is 272 g/mol. The van der Waals surface area contributed by atoms with Crippen LogP contribution in [-0.2, 0) is 11.3 Å². The summed E-state index contributed by atoms with van der Waals surface area (Å²) in [5.41, 5.74) is 0.518. The number of carboxylic acids is 1. The Morgan fingerprint density at radius 2 is 1.95 bits per heavy atom. The van der Waals surface area contributed by atoms with Crippen LogP contribution < -0.4 is 5.32 Å². The second-order valence-electron chi connectivity index (χ2n) is 4.57. The van der Waals surface area contributed by atoms with Crippen molar-refractivity contribution in [2.45, 2.75) is 12.6 Å². The number of nitrogens with one attached hydrogen (secondary N) is 1. The van der Waals surface area contributed by atoms with Crippen LogP contribution in [0.4, 0.5) is 4.79 Å². The molecule has 0 radical (unpaired) electrons. The molecule has 1 aromatic heterocycles. The van der Waals surface area contributed by atoms with Gasteiger partial charge in [-0.25, -0.2) is 9.59 Å². The zero-order valence-electron chi connectivity index (χ0n) is 11.5. The number of carbonyl (C=O) groups excluding carboxylic acids is 1. The topological polar surface area (TPSA) is 82.8 Å². The van der Waals surface area contributed by atoms with Gasteiger partial charge in [-0.05, 0) is 17.7 Å². The lowest BCUT2D eigenvalue weighted by Crippen LogP contribution is -2.41. The van der Waals surface area contributed by atoms with Gasteiger partial charge in [0, 0.05) is 7.05 Å². The molecule has 110 valence electrons. The molecule has 0 saturated carbocycles. The van der Waals surface area contributed by atoms with E-state index in [1.165, 1.54) is 11.2 Å². The third-order valence-corrected chi connectivity index (χ3v) is 2.97. The molecule has 2 N–H and O–H groups in total. The van der Waals surface area contributed by atoms with Gasteiger partial charge in [0.15, 0.2) is 6.04 Å². The number of furan rings is 1. The Morgan fingerprint density at radius 1 is 1.24 bits per heavy atom. The maximum Gasteiger partial charge on any atom is 0.330 e. The Labute approximate surface area is 122 Å². The highest BCUT2D eigenvalue weighted by molar-refractivity contribution is 5.83. The molecule has 0 aliphatic rings. The monoisotopic (exact) mass is 288 g/mol. The maximum atomic E-state index is 12.1. The minimum absolute atomic E-state index is 0.264. The Bertz CT molecular complexity index is 595. The highest BCUT2D eigenvalue weighted by Gasteiger charge is 2.23. The van der Waals surface area contributed by atoms with E-state index >= 15 is 0 Å². The lowest BCUT2D eigenvalue weighted by Gasteiger charge is -2.20. The molecule has 0 aliphatic heterocycles. The first-order chi connectivity index (χ1) is 10.1. The molecule has 21 heavy (non-hydrogen) atoms. The van der Waals surface area contributed by atoms with Crippen LogP contribution in [0.25, 0.3) is 0 Å². The quantitative estimate of drug-likeness (QED) is 0.884. The van der Waals surface area contributed by atoms with Gasteiger partial charge in [-0.1, -0.05) is 30.3 Å². The zero-order valence-corrected chi connectivity index (χ0v) is 11.5. The van der Waals surface area contributed by atoms with Crippen molar-refractivity contribution in [1.82, 2.24) is 10.2 Å². The predicted octanol–water partition coefficient (Wildman–Crippen LogP) is 2.25. The third-order valence-electron chi connectivity index (χ3n) is 2.97. The van der Waals surface area contributed by atoms with Crippen LogP contribution in [0.5, 0.6) is 0 Å². The molecule has 6 nitrogen and oxygen atoms in total. The van der Waals surface area contributed by atoms with Crippen molar-refractivity contribution in [3.05, 3.63) is 60.1 Å². The highest BCUT2D eigenvalue weighted by Crippen LogP contribution is 2.13. The summed E-state index contributed by atoms with van der Waals surface area (Å²) in [5.74, 6) is -0.486. The molecule has 0 unspecified atom stereocenters. The van der Waals surface area contributed by atoms with E-state index in [2.05, 4.69) is 5.32 Å². The van der Waals surface area contributed by atoms with Gasteiger partial charge >= 0.3 is 12.0 Å². The van der Waals surface area contributed by atoms with Gasteiger partial charge in [0.25, 0.3) is 0 Å². The van der Waals surface area contributed by atoms with Gasteiger partial charge in [-0.2, -0.15) is 0 Å². The second-order valence-corrected chi connectivity index (χ2v) is 4.57. The Hall–Kier alpha value is -2.76. The summed E-state index contributed by atoms with van der Waals surface area (Å²) in [5, 5.41) is 11.8. The van der Waals surface area contributed by atoms with Crippen LogP contribution in [0.1, 0.15) is 17.4 Å². The minimum atomic E-state index is -1.11. The molecular formula is C15H16N2O4. The first-order valence-electron chi connectivity index (χ1n) is 6.39. The number of aliphatic carboxylic acids is 1. The summed E-state index contributed by atoms with van der Waals surface area (Å²) in [6.07, 6.45) is 1.52. The number of urea groups is 1. The van der Waals surface area contributed by atoms with Crippen molar-refractivity contribution < 1.29 is 19.1 Å². The van der Waals surface area contributed by atoms with Gasteiger partial charge in [-0.15, -0.1) is 0 Å². The molecule has 2 aromatic rings. The fraction of sp³-hybridized carbons (Fsp3) is 0.200. The molecule has 0 saturated heterocycles. The summed E-state index contributed by atoms with van der Waals surface area (Å²) in [6, 6.07) is 10.5. The first-order valence-corrected chi connectivity index (χ1v) is 6.39. The van der Waals surface area contributed by atoms with E-state index in [9.17, 15) is 14.7 Å². The molecule has 6 heteroatoms. The molecule has 0 spiro atoms. The average Bonchev–Trinajstić information content (AvgIpc) is 2.98. The van der Waals surface area contributed by atoms with E-state index in [-0.39, 0.29) is 6.54 Å². The number of nitrogens with zero attached hydrogens (tertiary/aromatic N) is 1. The van der Waals surface area contributed by atoms with E-state index < -0.39 is 18.0 Å². The van der Waals surface area contributed by atoms with Crippen molar-refractivity contribution in [3.63, 3.8) is 0 Å². The van der Waals surface area contributed by atoms with Crippen LogP contribution in [0.3, 0.4) is 0 Å². The lowest BCUT2D eigenvalue weighted by molar-refractivity contribution is -0.139. The van der Waals surface area contributed by atoms with E-state index in [0.717, 1.165) is 0 Å². The number of carboxylic acid groups (broad SMARTS) is 1. The molecule has 1 atom stereocenters. The summed E-state index contributed by atoms with van der Waals surface area (Å²) < 4.78 is 5.15. The molecule has 0 bridgehead atoms. The van der Waals surface area contributed by atoms with Crippen LogP contribution in [-0.4, -0.2) is 29.1 Å². The lowest BCUT2D eigenvalue weighted by atomic mass is 10.1. The van der Waals surface area contributed by atoms with Crippen LogP contribution in [0.2, 0.25) is 0 Å². The van der Waals surface area contributed by atoms with E-state index in [0.29, 0.717) is 11.3 Å². The molecule has 0 fully saturated rings. The van der Waals surface area contributed by atoms with Gasteiger partial charge in [0.1, 0.15) is 5.76 Å². The van der Waals surface area contributed by atoms with Crippen LogP contribution in [0, 0.1) is 0 Å². The number of hydrogen-bond donors (Lipinski definition) is 2. The van der Waals surface area contributed by atoms with E-state index in [1.54, 1.807) is 49.5 Å². The number of rotatable bonds is 5. The normalized spacial score (nSPS) is 11.7. The number of carbonyl (C=O) groups is 2. The number of amides is 2. The van der Waals surface area contributed by atoms with E-state index in [4.69, 9.17) is 4.42 Å². The molecule has 2 rings (SSSR count). The fourth-order valence-electron chi connectivity index (χ4n) is 1.87. The average molecular weight is 288 g/mol. The number of benzene rings is 1. The highest BCUT2D eigenvalue weighted by atomic mass is 16.4. The van der Waals surface area contributed by atoms with Gasteiger partial charge in [-0.3, -0.25) is 0 Å². The molecule has 1 aromatic carbocycles. The van der Waals surface area contributed by atoms with Crippen molar-refractivity contribution in [3.8, 4) is 0 Å². The standard InChI is InChI=1S/C15H16N2O4/c1-17(10-12-8-5-9-21-12)15(20)16-13(14(18)19)11-6-3-2-4-7-11/h2-9,13H,10H2,1H3,(H,16,20)(H,18,19)/t13-/m0/s1. The predicted molar refractivity (Wildman–Crippen MR) is 75.5 cm³/mol. The SMILES string of the molecule is CN(Cc1ccco1)C(=O)N[C@H](C(=O)O)c1ccccc1. The third kappa shape index (κ3) is 3.85. The summed E-state index contributed by atoms with van der Waals surface area (Å²) in [7, 11) is 1.57. The summed E-state index contributed by atoms with van der Waals surface area (Å²) in [6.45, 7) is 0.264. The van der Waals surface area contributed by atoms with Crippen molar-refractivity contribution in [1.29, 1.82) is 0 Å². The molecule has 1 heterocycles. The Kier molecular flexibility index (Phi) is 4.61. The Morgan fingerprint density at radius 3 is 2.52 bits per heavy atom. The summed E-state index contributed by atoms with van der Waals surface area (Å²) >= 11 is 0. The van der Waals surface area contributed by atoms with Gasteiger partial charge in [0.05, 0.1) is 12.8 Å². The van der Waals surface area contributed by atoms with Crippen molar-refractivity contribution in [2.75, 3.05) is 7.05 Å². The van der Waals surface area contributed by atoms with E-state index in [1.807, 2.05) is 0 Å². The summed E-state index contributed by atoms with van der Waals surface area (Å²) in [4.78, 5) is 24.7. The number of hydrogen-bond acceptors (Lipinski definition) is 3. The van der Waals surface area contributed by atoms with Gasteiger partial charge in [0.2, 0.25) is 0 Å². The zero-order chi connectivity index (χ0) is 15.2. The van der Waals surface area contributed by atoms with Gasteiger partial charge < -0.3 is 19.7 Å². The Balaban J connectivity index is 2.03. The van der Waals surface area contributed by atoms with Crippen molar-refractivity contribution in [2.24, 2.45) is 0 Å². The molecule has 2 amide bonds. The molecule has 0 aliphatic carbocycles. The van der Waals surface area contributed by atoms with Crippen LogP contribution >= 0.6 is 0 Å². The first kappa shape index (κ1) is 14.6. The fourth-order valence-corrected chi connectivity index (χ4v) is 1.87. The largest absolute Gasteiger partial charge is 0.479 e. The maximum absolute atomic E-state index is 12.1.